The van der Waals surface area contributed by atoms with Crippen LogP contribution in [0.3, 0.4) is 0 Å². The molecular weight excluding hydrogens is 398 g/mol. The molecule has 0 N–H and O–H groups in total. The fraction of sp³-hybridized carbons (Fsp3) is 0.857. The Hall–Kier alpha value is -1.71. The molecule has 0 aromatic rings. The molecule has 144 valence electrons. The van der Waals surface area contributed by atoms with Gasteiger partial charge in [-0.05, 0) is 0 Å². The highest BCUT2D eigenvalue weighted by atomic mass is 19.4. The van der Waals surface area contributed by atoms with Gasteiger partial charge in [-0.3, -0.25) is 0 Å². The molecule has 0 saturated carbocycles. The fourth-order valence-corrected chi connectivity index (χ4v) is 0.803. The second-order valence-corrected chi connectivity index (χ2v) is 3.64. The van der Waals surface area contributed by atoms with Crippen LogP contribution in [-0.2, 0) is 9.47 Å². The van der Waals surface area contributed by atoms with Crippen molar-refractivity contribution in [3.05, 3.63) is 0 Å². The van der Waals surface area contributed by atoms with Gasteiger partial charge in [0.1, 0.15) is 0 Å². The summed E-state index contributed by atoms with van der Waals surface area (Å²) in [7, 11) is 0. The maximum atomic E-state index is 12.8. The summed E-state index contributed by atoms with van der Waals surface area (Å²) < 4.78 is 172. The van der Waals surface area contributed by atoms with E-state index in [0.29, 0.717) is 0 Å². The van der Waals surface area contributed by atoms with Gasteiger partial charge in [-0.2, -0.15) is 61.5 Å². The van der Waals surface area contributed by atoms with E-state index < -0.39 is 42.6 Å². The number of carbonyl (C=O) groups is 1. The summed E-state index contributed by atoms with van der Waals surface area (Å²) in [6, 6.07) is 0. The number of alkyl halides is 14. The number of halogens is 14. The van der Waals surface area contributed by atoms with Gasteiger partial charge in [0.25, 0.3) is 0 Å². The molecular formula is C7F14O3. The van der Waals surface area contributed by atoms with Crippen molar-refractivity contribution < 1.29 is 75.7 Å². The quantitative estimate of drug-likeness (QED) is 0.499. The molecule has 0 atom stereocenters. The lowest BCUT2D eigenvalue weighted by Gasteiger charge is -2.31. The SMILES string of the molecule is O=C(OC(F)(C(F)(F)F)C(F)(F)F)OC(F)(C(F)(F)F)C(F)(F)F. The predicted octanol–water partition coefficient (Wildman–Crippen LogP) is 4.72. The normalized spacial score (nSPS) is 15.2. The van der Waals surface area contributed by atoms with Crippen molar-refractivity contribution in [1.82, 2.24) is 0 Å². The zero-order valence-corrected chi connectivity index (χ0v) is 10.0. The molecule has 24 heavy (non-hydrogen) atoms. The molecule has 0 aliphatic heterocycles. The van der Waals surface area contributed by atoms with Gasteiger partial charge < -0.3 is 9.47 Å². The van der Waals surface area contributed by atoms with Crippen LogP contribution < -0.4 is 0 Å². The van der Waals surface area contributed by atoms with E-state index in [2.05, 4.69) is 0 Å². The topological polar surface area (TPSA) is 35.5 Å². The minimum atomic E-state index is -7.19. The van der Waals surface area contributed by atoms with E-state index in [4.69, 9.17) is 0 Å². The van der Waals surface area contributed by atoms with Gasteiger partial charge in [-0.15, -0.1) is 0 Å². The summed E-state index contributed by atoms with van der Waals surface area (Å²) >= 11 is 0. The summed E-state index contributed by atoms with van der Waals surface area (Å²) in [5.41, 5.74) is 0. The summed E-state index contributed by atoms with van der Waals surface area (Å²) in [5.74, 6) is -14.1. The van der Waals surface area contributed by atoms with Gasteiger partial charge >= 0.3 is 42.6 Å². The largest absolute Gasteiger partial charge is 0.514 e. The lowest BCUT2D eigenvalue weighted by molar-refractivity contribution is -0.438. The summed E-state index contributed by atoms with van der Waals surface area (Å²) in [4.78, 5) is 10.3. The fourth-order valence-electron chi connectivity index (χ4n) is 0.803. The molecule has 0 aliphatic carbocycles. The minimum Gasteiger partial charge on any atom is -0.380 e. The molecule has 0 aromatic heterocycles. The van der Waals surface area contributed by atoms with Crippen molar-refractivity contribution in [2.75, 3.05) is 0 Å². The smallest absolute Gasteiger partial charge is 0.380 e. The highest BCUT2D eigenvalue weighted by molar-refractivity contribution is 5.61. The number of hydrogen-bond donors (Lipinski definition) is 0. The standard InChI is InChI=1S/C7F14O3/c8-2(4(10,11)12,5(13,14)15)23-1(22)24-3(9,6(16,17)18)7(19,20)21. The third-order valence-electron chi connectivity index (χ3n) is 1.91. The molecule has 0 radical (unpaired) electrons. The molecule has 0 saturated heterocycles. The first-order valence-corrected chi connectivity index (χ1v) is 4.67. The van der Waals surface area contributed by atoms with Crippen LogP contribution in [0.15, 0.2) is 0 Å². The molecule has 0 bridgehead atoms. The number of hydrogen-bond acceptors (Lipinski definition) is 3. The average Bonchev–Trinajstić information content (AvgIpc) is 2.21. The van der Waals surface area contributed by atoms with Crippen LogP contribution in [0.1, 0.15) is 0 Å². The van der Waals surface area contributed by atoms with E-state index in [1.807, 2.05) is 9.47 Å². The molecule has 0 fully saturated rings. The van der Waals surface area contributed by atoms with E-state index in [-0.39, 0.29) is 0 Å². The van der Waals surface area contributed by atoms with E-state index in [1.54, 1.807) is 0 Å². The van der Waals surface area contributed by atoms with Gasteiger partial charge in [0, 0.05) is 0 Å². The Morgan fingerprint density at radius 3 is 0.750 bits per heavy atom. The van der Waals surface area contributed by atoms with Crippen molar-refractivity contribution in [2.45, 2.75) is 36.4 Å². The molecule has 17 heteroatoms. The summed E-state index contributed by atoms with van der Waals surface area (Å²) in [6.45, 7) is 0. The highest BCUT2D eigenvalue weighted by Gasteiger charge is 2.80. The third kappa shape index (κ3) is 3.85. The van der Waals surface area contributed by atoms with Gasteiger partial charge in [-0.25, -0.2) is 4.79 Å². The van der Waals surface area contributed by atoms with E-state index >= 15 is 0 Å². The monoisotopic (exact) mass is 398 g/mol. The molecule has 0 rings (SSSR count). The summed E-state index contributed by atoms with van der Waals surface area (Å²) in [6.07, 6.45) is -33.0. The van der Waals surface area contributed by atoms with Gasteiger partial charge in [0.05, 0.1) is 0 Å². The number of rotatable bonds is 2. The van der Waals surface area contributed by atoms with Crippen LogP contribution in [0.5, 0.6) is 0 Å². The van der Waals surface area contributed by atoms with Crippen molar-refractivity contribution in [3.8, 4) is 0 Å². The van der Waals surface area contributed by atoms with E-state index in [0.717, 1.165) is 0 Å². The Kier molecular flexibility index (Phi) is 5.27. The molecule has 0 aromatic carbocycles. The Balaban J connectivity index is 5.74. The lowest BCUT2D eigenvalue weighted by Crippen LogP contribution is -2.59. The van der Waals surface area contributed by atoms with Crippen LogP contribution in [0.2, 0.25) is 0 Å². The van der Waals surface area contributed by atoms with Crippen molar-refractivity contribution in [2.24, 2.45) is 0 Å². The second-order valence-electron chi connectivity index (χ2n) is 3.64. The molecule has 3 nitrogen and oxygen atoms in total. The van der Waals surface area contributed by atoms with Crippen LogP contribution in [0, 0.1) is 0 Å². The average molecular weight is 398 g/mol. The van der Waals surface area contributed by atoms with Crippen LogP contribution >= 0.6 is 0 Å². The predicted molar refractivity (Wildman–Crippen MR) is 39.5 cm³/mol. The first kappa shape index (κ1) is 22.3. The lowest BCUT2D eigenvalue weighted by atomic mass is 10.3. The maximum Gasteiger partial charge on any atom is 0.514 e. The van der Waals surface area contributed by atoms with Gasteiger partial charge in [0.2, 0.25) is 0 Å². The number of ether oxygens (including phenoxy) is 2. The van der Waals surface area contributed by atoms with E-state index in [1.165, 1.54) is 0 Å². The van der Waals surface area contributed by atoms with Crippen LogP contribution in [0.25, 0.3) is 0 Å². The second kappa shape index (κ2) is 5.68. The molecule has 0 amide bonds. The molecule has 0 spiro atoms. The number of carbonyl (C=O) groups excluding carboxylic acids is 1. The van der Waals surface area contributed by atoms with Crippen molar-refractivity contribution in [3.63, 3.8) is 0 Å². The Labute approximate surface area is 120 Å². The summed E-state index contributed by atoms with van der Waals surface area (Å²) in [5, 5.41) is 0. The van der Waals surface area contributed by atoms with E-state index in [9.17, 15) is 66.3 Å². The van der Waals surface area contributed by atoms with Gasteiger partial charge in [0.15, 0.2) is 0 Å². The Morgan fingerprint density at radius 1 is 0.458 bits per heavy atom. The highest BCUT2D eigenvalue weighted by Crippen LogP contribution is 2.50. The first-order valence-electron chi connectivity index (χ1n) is 4.67. The third-order valence-corrected chi connectivity index (χ3v) is 1.91. The Morgan fingerprint density at radius 2 is 0.625 bits per heavy atom. The maximum absolute atomic E-state index is 12.8. The minimum absolute atomic E-state index is 1.84. The van der Waals surface area contributed by atoms with Crippen LogP contribution in [-0.4, -0.2) is 42.6 Å². The first-order chi connectivity index (χ1) is 10.1. The van der Waals surface area contributed by atoms with Crippen LogP contribution in [0.4, 0.5) is 66.3 Å². The molecule has 0 aliphatic rings. The zero-order valence-electron chi connectivity index (χ0n) is 10.0. The Bertz CT molecular complexity index is 397. The zero-order chi connectivity index (χ0) is 20.0. The van der Waals surface area contributed by atoms with Crippen molar-refractivity contribution >= 4 is 6.16 Å². The van der Waals surface area contributed by atoms with Crippen molar-refractivity contribution in [1.29, 1.82) is 0 Å². The van der Waals surface area contributed by atoms with Gasteiger partial charge in [-0.1, -0.05) is 0 Å². The molecule has 0 unspecified atom stereocenters. The molecule has 0 heterocycles.